The van der Waals surface area contributed by atoms with E-state index in [9.17, 15) is 8.42 Å². The molecule has 17 heavy (non-hydrogen) atoms. The summed E-state index contributed by atoms with van der Waals surface area (Å²) in [4.78, 5) is 6.41. The molecule has 0 fully saturated rings. The molecule has 0 amide bonds. The Morgan fingerprint density at radius 2 is 2.24 bits per heavy atom. The molecule has 0 aliphatic carbocycles. The lowest BCUT2D eigenvalue weighted by Gasteiger charge is -2.31. The highest BCUT2D eigenvalue weighted by atomic mass is 79.9. The van der Waals surface area contributed by atoms with E-state index < -0.39 is 15.6 Å². The fourth-order valence-corrected chi connectivity index (χ4v) is 4.01. The minimum atomic E-state index is -3.68. The highest BCUT2D eigenvalue weighted by Gasteiger charge is 2.36. The van der Waals surface area contributed by atoms with E-state index in [2.05, 4.69) is 31.8 Å². The van der Waals surface area contributed by atoms with Crippen LogP contribution < -0.4 is 0 Å². The summed E-state index contributed by atoms with van der Waals surface area (Å²) in [5.74, 6) is 2.48. The van der Waals surface area contributed by atoms with Crippen molar-refractivity contribution in [2.75, 3.05) is 6.54 Å². The SMILES string of the molecule is C#CC(C)(C)N(CC)S(=O)(=O)c1[nH]cnc1Br. The van der Waals surface area contributed by atoms with Crippen molar-refractivity contribution in [3.63, 3.8) is 0 Å². The van der Waals surface area contributed by atoms with Gasteiger partial charge < -0.3 is 4.98 Å². The Morgan fingerprint density at radius 3 is 2.59 bits per heavy atom. The summed E-state index contributed by atoms with van der Waals surface area (Å²) in [7, 11) is -3.68. The second-order valence-electron chi connectivity index (χ2n) is 3.90. The number of rotatable bonds is 4. The number of hydrogen-bond donors (Lipinski definition) is 1. The van der Waals surface area contributed by atoms with Crippen LogP contribution in [0.5, 0.6) is 0 Å². The monoisotopic (exact) mass is 319 g/mol. The van der Waals surface area contributed by atoms with Crippen LogP contribution in [0, 0.1) is 12.3 Å². The Hall–Kier alpha value is -0.840. The number of sulfonamides is 1. The number of nitrogens with one attached hydrogen (secondary N) is 1. The molecule has 1 aromatic rings. The van der Waals surface area contributed by atoms with Crippen LogP contribution in [-0.4, -0.2) is 34.8 Å². The zero-order valence-corrected chi connectivity index (χ0v) is 12.3. The lowest BCUT2D eigenvalue weighted by atomic mass is 10.1. The smallest absolute Gasteiger partial charge is 0.262 e. The van der Waals surface area contributed by atoms with Gasteiger partial charge >= 0.3 is 0 Å². The third-order valence-electron chi connectivity index (χ3n) is 2.37. The molecule has 0 spiro atoms. The molecule has 0 aromatic carbocycles. The van der Waals surface area contributed by atoms with Crippen molar-refractivity contribution in [3.05, 3.63) is 10.9 Å². The van der Waals surface area contributed by atoms with E-state index in [0.717, 1.165) is 0 Å². The predicted octanol–water partition coefficient (Wildman–Crippen LogP) is 1.59. The maximum absolute atomic E-state index is 12.4. The van der Waals surface area contributed by atoms with E-state index in [1.807, 2.05) is 0 Å². The molecule has 0 saturated heterocycles. The molecular weight excluding hydrogens is 306 g/mol. The fraction of sp³-hybridized carbons (Fsp3) is 0.500. The second kappa shape index (κ2) is 4.80. The number of hydrogen-bond acceptors (Lipinski definition) is 3. The number of H-pyrrole nitrogens is 1. The Labute approximate surface area is 110 Å². The number of halogens is 1. The second-order valence-corrected chi connectivity index (χ2v) is 6.45. The van der Waals surface area contributed by atoms with E-state index >= 15 is 0 Å². The van der Waals surface area contributed by atoms with Crippen molar-refractivity contribution in [1.29, 1.82) is 0 Å². The molecule has 0 aliphatic heterocycles. The zero-order chi connectivity index (χ0) is 13.3. The van der Waals surface area contributed by atoms with Gasteiger partial charge in [0, 0.05) is 6.54 Å². The van der Waals surface area contributed by atoms with Crippen LogP contribution in [-0.2, 0) is 10.0 Å². The fourth-order valence-electron chi connectivity index (χ4n) is 1.49. The number of aromatic nitrogens is 2. The highest BCUT2D eigenvalue weighted by molar-refractivity contribution is 9.10. The number of nitrogens with zero attached hydrogens (tertiary/aromatic N) is 2. The lowest BCUT2D eigenvalue weighted by molar-refractivity contribution is 0.303. The topological polar surface area (TPSA) is 66.1 Å². The first-order chi connectivity index (χ1) is 7.77. The van der Waals surface area contributed by atoms with Crippen molar-refractivity contribution in [2.24, 2.45) is 0 Å². The van der Waals surface area contributed by atoms with Crippen LogP contribution in [0.15, 0.2) is 16.0 Å². The van der Waals surface area contributed by atoms with Crippen molar-refractivity contribution in [1.82, 2.24) is 14.3 Å². The molecule has 1 N–H and O–H groups in total. The molecule has 1 rings (SSSR count). The maximum atomic E-state index is 12.4. The molecular formula is C10H14BrN3O2S. The van der Waals surface area contributed by atoms with E-state index in [1.165, 1.54) is 10.6 Å². The van der Waals surface area contributed by atoms with Gasteiger partial charge in [-0.1, -0.05) is 12.8 Å². The summed E-state index contributed by atoms with van der Waals surface area (Å²) in [6, 6.07) is 0. The third-order valence-corrected chi connectivity index (χ3v) is 5.36. The van der Waals surface area contributed by atoms with Gasteiger partial charge in [0.05, 0.1) is 11.9 Å². The van der Waals surface area contributed by atoms with Crippen LogP contribution in [0.3, 0.4) is 0 Å². The zero-order valence-electron chi connectivity index (χ0n) is 9.86. The van der Waals surface area contributed by atoms with E-state index in [0.29, 0.717) is 0 Å². The van der Waals surface area contributed by atoms with Gasteiger partial charge in [0.15, 0.2) is 5.03 Å². The van der Waals surface area contributed by atoms with E-state index in [4.69, 9.17) is 6.42 Å². The summed E-state index contributed by atoms with van der Waals surface area (Å²) in [5, 5.41) is 0.0164. The summed E-state index contributed by atoms with van der Waals surface area (Å²) >= 11 is 3.09. The molecule has 1 heterocycles. The van der Waals surface area contributed by atoms with Gasteiger partial charge in [0.2, 0.25) is 0 Å². The summed E-state index contributed by atoms with van der Waals surface area (Å²) < 4.78 is 26.3. The first-order valence-corrected chi connectivity index (χ1v) is 7.20. The first-order valence-electron chi connectivity index (χ1n) is 4.97. The van der Waals surface area contributed by atoms with Crippen molar-refractivity contribution >= 4 is 26.0 Å². The van der Waals surface area contributed by atoms with Gasteiger partial charge in [-0.15, -0.1) is 6.42 Å². The standard InChI is InChI=1S/C10H14BrN3O2S/c1-5-10(3,4)14(6-2)17(15,16)9-8(11)12-7-13-9/h1,7H,6H2,2-4H3,(H,12,13). The molecule has 0 atom stereocenters. The Balaban J connectivity index is 3.32. The van der Waals surface area contributed by atoms with Gasteiger partial charge in [-0.25, -0.2) is 13.4 Å². The molecule has 0 unspecified atom stereocenters. The number of aromatic amines is 1. The minimum Gasteiger partial charge on any atom is -0.334 e. The molecule has 7 heteroatoms. The highest BCUT2D eigenvalue weighted by Crippen LogP contribution is 2.26. The van der Waals surface area contributed by atoms with Crippen molar-refractivity contribution in [3.8, 4) is 12.3 Å². The molecule has 94 valence electrons. The summed E-state index contributed by atoms with van der Waals surface area (Å²) in [6.07, 6.45) is 6.69. The molecule has 0 aliphatic rings. The van der Waals surface area contributed by atoms with Gasteiger partial charge in [-0.3, -0.25) is 0 Å². The molecule has 0 radical (unpaired) electrons. The third kappa shape index (κ3) is 2.54. The van der Waals surface area contributed by atoms with Gasteiger partial charge in [-0.2, -0.15) is 4.31 Å². The van der Waals surface area contributed by atoms with Crippen molar-refractivity contribution in [2.45, 2.75) is 31.3 Å². The molecule has 0 bridgehead atoms. The van der Waals surface area contributed by atoms with Crippen LogP contribution in [0.4, 0.5) is 0 Å². The Bertz CT molecular complexity index is 542. The number of terminal acetylenes is 1. The average Bonchev–Trinajstić information content (AvgIpc) is 2.65. The minimum absolute atomic E-state index is 0.0164. The van der Waals surface area contributed by atoms with Gasteiger partial charge in [0.25, 0.3) is 10.0 Å². The normalized spacial score (nSPS) is 12.7. The largest absolute Gasteiger partial charge is 0.334 e. The molecule has 0 saturated carbocycles. The van der Waals surface area contributed by atoms with Gasteiger partial charge in [0.1, 0.15) is 4.60 Å². The number of imidazole rings is 1. The van der Waals surface area contributed by atoms with Crippen LogP contribution in [0.25, 0.3) is 0 Å². The molecule has 1 aromatic heterocycles. The predicted molar refractivity (Wildman–Crippen MR) is 68.8 cm³/mol. The van der Waals surface area contributed by atoms with Crippen LogP contribution >= 0.6 is 15.9 Å². The lowest BCUT2D eigenvalue weighted by Crippen LogP contribution is -2.46. The van der Waals surface area contributed by atoms with E-state index in [1.54, 1.807) is 20.8 Å². The van der Waals surface area contributed by atoms with Gasteiger partial charge in [-0.05, 0) is 29.8 Å². The quantitative estimate of drug-likeness (QED) is 0.857. The average molecular weight is 320 g/mol. The molecule has 5 nitrogen and oxygen atoms in total. The first kappa shape index (κ1) is 14.2. The van der Waals surface area contributed by atoms with Crippen LogP contribution in [0.2, 0.25) is 0 Å². The van der Waals surface area contributed by atoms with Crippen molar-refractivity contribution < 1.29 is 8.42 Å². The Morgan fingerprint density at radius 1 is 1.65 bits per heavy atom. The Kier molecular flexibility index (Phi) is 4.02. The maximum Gasteiger partial charge on any atom is 0.262 e. The van der Waals surface area contributed by atoms with E-state index in [-0.39, 0.29) is 16.2 Å². The summed E-state index contributed by atoms with van der Waals surface area (Å²) in [6.45, 7) is 5.38. The summed E-state index contributed by atoms with van der Waals surface area (Å²) in [5.41, 5.74) is -0.891. The van der Waals surface area contributed by atoms with Crippen LogP contribution in [0.1, 0.15) is 20.8 Å².